The number of H-pyrrole nitrogens is 1. The molecule has 2 aromatic heterocycles. The zero-order valence-corrected chi connectivity index (χ0v) is 13.6. The van der Waals surface area contributed by atoms with E-state index in [-0.39, 0.29) is 5.69 Å². The number of thioether (sulfide) groups is 1. The molecule has 0 amide bonds. The summed E-state index contributed by atoms with van der Waals surface area (Å²) in [6.07, 6.45) is 0.880. The molecule has 0 radical (unpaired) electrons. The quantitative estimate of drug-likeness (QED) is 0.573. The van der Waals surface area contributed by atoms with Gasteiger partial charge in [0.05, 0.1) is 5.52 Å². The van der Waals surface area contributed by atoms with E-state index in [1.807, 2.05) is 37.3 Å². The zero-order chi connectivity index (χ0) is 15.5. The number of hydrogen-bond acceptors (Lipinski definition) is 4. The van der Waals surface area contributed by atoms with Gasteiger partial charge in [-0.1, -0.05) is 48.5 Å². The number of halogens is 1. The van der Waals surface area contributed by atoms with Gasteiger partial charge in [-0.3, -0.25) is 4.57 Å². The summed E-state index contributed by atoms with van der Waals surface area (Å²) in [6.45, 7) is 2.68. The summed E-state index contributed by atoms with van der Waals surface area (Å²) in [6, 6.07) is 9.89. The van der Waals surface area contributed by atoms with E-state index in [0.717, 1.165) is 22.9 Å². The second kappa shape index (κ2) is 6.54. The summed E-state index contributed by atoms with van der Waals surface area (Å²) in [5.74, 6) is 0.616. The standard InChI is InChI=1S/C15H15ClN4OS/c1-2-7-20-14(21)18-19-15(20)22-9-11-8-10-5-3-4-6-12(10)17-13(11)16/h3-6,8H,2,7,9H2,1H3,(H,18,21). The van der Waals surface area contributed by atoms with E-state index in [2.05, 4.69) is 15.2 Å². The van der Waals surface area contributed by atoms with Gasteiger partial charge in [-0.15, -0.1) is 5.10 Å². The summed E-state index contributed by atoms with van der Waals surface area (Å²) >= 11 is 7.73. The first-order chi connectivity index (χ1) is 10.7. The van der Waals surface area contributed by atoms with Gasteiger partial charge in [-0.2, -0.15) is 0 Å². The molecular formula is C15H15ClN4OS. The van der Waals surface area contributed by atoms with Crippen molar-refractivity contribution in [2.24, 2.45) is 0 Å². The Hall–Kier alpha value is -1.79. The molecule has 1 aromatic carbocycles. The summed E-state index contributed by atoms with van der Waals surface area (Å²) in [5, 5.41) is 8.78. The molecule has 0 saturated heterocycles. The summed E-state index contributed by atoms with van der Waals surface area (Å²) in [4.78, 5) is 16.1. The predicted octanol–water partition coefficient (Wildman–Crippen LogP) is 3.48. The van der Waals surface area contributed by atoms with Crippen LogP contribution in [0, 0.1) is 0 Å². The van der Waals surface area contributed by atoms with Crippen LogP contribution in [-0.4, -0.2) is 19.7 Å². The summed E-state index contributed by atoms with van der Waals surface area (Å²) in [5.41, 5.74) is 1.64. The molecule has 114 valence electrons. The first kappa shape index (κ1) is 15.1. The van der Waals surface area contributed by atoms with E-state index >= 15 is 0 Å². The molecule has 22 heavy (non-hydrogen) atoms. The highest BCUT2D eigenvalue weighted by Gasteiger charge is 2.11. The number of nitrogens with zero attached hydrogens (tertiary/aromatic N) is 3. The third kappa shape index (κ3) is 3.03. The van der Waals surface area contributed by atoms with Crippen LogP contribution in [0.3, 0.4) is 0 Å². The first-order valence-electron chi connectivity index (χ1n) is 7.01. The van der Waals surface area contributed by atoms with Crippen LogP contribution in [0.4, 0.5) is 0 Å². The number of rotatable bonds is 5. The molecule has 0 unspecified atom stereocenters. The summed E-state index contributed by atoms with van der Waals surface area (Å²) in [7, 11) is 0. The fourth-order valence-corrected chi connectivity index (χ4v) is 3.45. The number of hydrogen-bond donors (Lipinski definition) is 1. The smallest absolute Gasteiger partial charge is 0.270 e. The minimum absolute atomic E-state index is 0.174. The van der Waals surface area contributed by atoms with Crippen molar-refractivity contribution in [2.75, 3.05) is 0 Å². The minimum atomic E-state index is -0.174. The maximum absolute atomic E-state index is 11.7. The highest BCUT2D eigenvalue weighted by Crippen LogP contribution is 2.26. The van der Waals surface area contributed by atoms with Crippen LogP contribution >= 0.6 is 23.4 Å². The van der Waals surface area contributed by atoms with Crippen molar-refractivity contribution in [3.8, 4) is 0 Å². The van der Waals surface area contributed by atoms with Crippen molar-refractivity contribution in [1.29, 1.82) is 0 Å². The van der Waals surface area contributed by atoms with E-state index < -0.39 is 0 Å². The van der Waals surface area contributed by atoms with Gasteiger partial charge in [0.2, 0.25) is 0 Å². The van der Waals surface area contributed by atoms with Gasteiger partial charge in [0, 0.05) is 23.2 Å². The largest absolute Gasteiger partial charge is 0.343 e. The average Bonchev–Trinajstić information content (AvgIpc) is 2.86. The number of aromatic nitrogens is 4. The van der Waals surface area contributed by atoms with Gasteiger partial charge >= 0.3 is 5.69 Å². The van der Waals surface area contributed by atoms with Crippen LogP contribution in [0.25, 0.3) is 10.9 Å². The van der Waals surface area contributed by atoms with Crippen LogP contribution in [0.2, 0.25) is 5.15 Å². The molecule has 0 aliphatic carbocycles. The monoisotopic (exact) mass is 334 g/mol. The molecule has 1 N–H and O–H groups in total. The number of para-hydroxylation sites is 1. The number of pyridine rings is 1. The molecule has 0 aliphatic rings. The van der Waals surface area contributed by atoms with Crippen molar-refractivity contribution in [2.45, 2.75) is 30.8 Å². The Bertz CT molecular complexity index is 858. The molecule has 0 aliphatic heterocycles. The molecule has 0 spiro atoms. The Balaban J connectivity index is 1.85. The highest BCUT2D eigenvalue weighted by atomic mass is 35.5. The number of nitrogens with one attached hydrogen (secondary N) is 1. The van der Waals surface area contributed by atoms with E-state index in [4.69, 9.17) is 11.6 Å². The average molecular weight is 335 g/mol. The van der Waals surface area contributed by atoms with Gasteiger partial charge < -0.3 is 0 Å². The third-order valence-corrected chi connectivity index (χ3v) is 4.63. The van der Waals surface area contributed by atoms with Gasteiger partial charge in [0.1, 0.15) is 5.15 Å². The van der Waals surface area contributed by atoms with E-state index in [1.165, 1.54) is 11.8 Å². The van der Waals surface area contributed by atoms with Crippen LogP contribution in [0.15, 0.2) is 40.3 Å². The van der Waals surface area contributed by atoms with Gasteiger partial charge in [0.15, 0.2) is 5.16 Å². The lowest BCUT2D eigenvalue weighted by Crippen LogP contribution is -2.17. The van der Waals surface area contributed by atoms with Crippen molar-refractivity contribution in [3.05, 3.63) is 51.5 Å². The Kier molecular flexibility index (Phi) is 4.49. The van der Waals surface area contributed by atoms with Crippen LogP contribution < -0.4 is 5.69 Å². The topological polar surface area (TPSA) is 63.6 Å². The maximum atomic E-state index is 11.7. The lowest BCUT2D eigenvalue weighted by molar-refractivity contribution is 0.604. The van der Waals surface area contributed by atoms with E-state index in [1.54, 1.807) is 4.57 Å². The molecule has 3 rings (SSSR count). The van der Waals surface area contributed by atoms with Gasteiger partial charge in [-0.25, -0.2) is 14.9 Å². The minimum Gasteiger partial charge on any atom is -0.270 e. The zero-order valence-electron chi connectivity index (χ0n) is 12.0. The molecular weight excluding hydrogens is 320 g/mol. The fraction of sp³-hybridized carbons (Fsp3) is 0.267. The van der Waals surface area contributed by atoms with Crippen LogP contribution in [-0.2, 0) is 12.3 Å². The van der Waals surface area contributed by atoms with Crippen molar-refractivity contribution >= 4 is 34.3 Å². The second-order valence-corrected chi connectivity index (χ2v) is 6.18. The molecule has 0 atom stereocenters. The Labute approximate surface area is 136 Å². The number of fused-ring (bicyclic) bond motifs is 1. The SMILES string of the molecule is CCCn1c(SCc2cc3ccccc3nc2Cl)n[nH]c1=O. The van der Waals surface area contributed by atoms with E-state index in [0.29, 0.717) is 22.6 Å². The first-order valence-corrected chi connectivity index (χ1v) is 8.37. The van der Waals surface area contributed by atoms with Gasteiger partial charge in [-0.05, 0) is 18.6 Å². The molecule has 0 saturated carbocycles. The fourth-order valence-electron chi connectivity index (χ4n) is 2.21. The third-order valence-electron chi connectivity index (χ3n) is 3.28. The molecule has 2 heterocycles. The Morgan fingerprint density at radius 2 is 2.18 bits per heavy atom. The number of aromatic amines is 1. The van der Waals surface area contributed by atoms with E-state index in [9.17, 15) is 4.79 Å². The molecule has 0 fully saturated rings. The van der Waals surface area contributed by atoms with Crippen LogP contribution in [0.5, 0.6) is 0 Å². The second-order valence-electron chi connectivity index (χ2n) is 4.88. The van der Waals surface area contributed by atoms with Crippen molar-refractivity contribution < 1.29 is 0 Å². The van der Waals surface area contributed by atoms with Crippen LogP contribution in [0.1, 0.15) is 18.9 Å². The maximum Gasteiger partial charge on any atom is 0.343 e. The predicted molar refractivity (Wildman–Crippen MR) is 89.5 cm³/mol. The molecule has 5 nitrogen and oxygen atoms in total. The molecule has 7 heteroatoms. The van der Waals surface area contributed by atoms with Crippen molar-refractivity contribution in [3.63, 3.8) is 0 Å². The Morgan fingerprint density at radius 3 is 3.00 bits per heavy atom. The van der Waals surface area contributed by atoms with Crippen molar-refractivity contribution in [1.82, 2.24) is 19.7 Å². The number of benzene rings is 1. The molecule has 3 aromatic rings. The summed E-state index contributed by atoms with van der Waals surface area (Å²) < 4.78 is 1.65. The normalized spacial score (nSPS) is 11.2. The lowest BCUT2D eigenvalue weighted by atomic mass is 10.2. The highest BCUT2D eigenvalue weighted by molar-refractivity contribution is 7.98. The molecule has 0 bridgehead atoms. The Morgan fingerprint density at radius 1 is 1.36 bits per heavy atom. The lowest BCUT2D eigenvalue weighted by Gasteiger charge is -2.06. The van der Waals surface area contributed by atoms with Gasteiger partial charge in [0.25, 0.3) is 0 Å².